The molecule has 3 aromatic rings. The van der Waals surface area contributed by atoms with Crippen LogP contribution in [-0.4, -0.2) is 66.9 Å². The highest BCUT2D eigenvalue weighted by molar-refractivity contribution is 6.02. The Balaban J connectivity index is 0.00000342. The number of benzene rings is 3. The zero-order chi connectivity index (χ0) is 24.1. The van der Waals surface area contributed by atoms with E-state index < -0.39 is 0 Å². The molecular formula is C27H33ClN2O5. The smallest absolute Gasteiger partial charge is 0.203 e. The summed E-state index contributed by atoms with van der Waals surface area (Å²) in [4.78, 5) is 16.8. The number of ether oxygens (including phenoxy) is 4. The number of Topliss-reactive ketones (excluding diaryl/α,β-unsaturated/α-hetero) is 1. The number of hydrogen-bond donors (Lipinski definition) is 1. The summed E-state index contributed by atoms with van der Waals surface area (Å²) >= 11 is 0. The van der Waals surface area contributed by atoms with Crippen molar-refractivity contribution in [3.63, 3.8) is 0 Å². The summed E-state index contributed by atoms with van der Waals surface area (Å²) in [6, 6.07) is 15.7. The molecule has 0 amide bonds. The number of nitrogens with one attached hydrogen (secondary N) is 1. The Bertz CT molecular complexity index is 1160. The summed E-state index contributed by atoms with van der Waals surface area (Å²) < 4.78 is 22.0. The molecule has 0 bridgehead atoms. The standard InChI is InChI=1S/C27H32N2O5.ClH/c1-31-24-8-6-5-7-22(24)29-15-13-28(14-16-29)12-11-23(30)19-9-10-21-20(17-19)18-25(32-2)27(34-4)26(21)33-3;/h5-10,17-18H,11-16H2,1-4H3;1H. The van der Waals surface area contributed by atoms with E-state index in [0.717, 1.165) is 54.9 Å². The van der Waals surface area contributed by atoms with E-state index in [4.69, 9.17) is 18.9 Å². The summed E-state index contributed by atoms with van der Waals surface area (Å²) in [7, 11) is 6.49. The van der Waals surface area contributed by atoms with Crippen LogP contribution in [0.25, 0.3) is 10.8 Å². The highest BCUT2D eigenvalue weighted by Gasteiger charge is 2.23. The lowest BCUT2D eigenvalue weighted by Gasteiger charge is -2.34. The van der Waals surface area contributed by atoms with Crippen LogP contribution in [0.15, 0.2) is 48.5 Å². The predicted molar refractivity (Wildman–Crippen MR) is 133 cm³/mol. The largest absolute Gasteiger partial charge is 1.00 e. The van der Waals surface area contributed by atoms with Crippen molar-refractivity contribution >= 4 is 22.2 Å². The van der Waals surface area contributed by atoms with Gasteiger partial charge in [0.25, 0.3) is 0 Å². The SMILES string of the molecule is COc1ccccc1N1CC[NH+](CCC(=O)c2ccc3c(OC)c(OC)c(OC)cc3c2)CC1.[Cl-]. The Morgan fingerprint density at radius 1 is 0.857 bits per heavy atom. The molecule has 1 N–H and O–H groups in total. The average molecular weight is 501 g/mol. The van der Waals surface area contributed by atoms with E-state index in [2.05, 4.69) is 11.0 Å². The number of anilines is 1. The molecule has 1 heterocycles. The normalized spacial score (nSPS) is 13.8. The average Bonchev–Trinajstić information content (AvgIpc) is 2.90. The number of nitrogens with zero attached hydrogens (tertiary/aromatic N) is 1. The molecule has 0 unspecified atom stereocenters. The number of methoxy groups -OCH3 is 4. The lowest BCUT2D eigenvalue weighted by molar-refractivity contribution is -0.899. The molecule has 35 heavy (non-hydrogen) atoms. The third-order valence-electron chi connectivity index (χ3n) is 6.56. The Morgan fingerprint density at radius 2 is 1.54 bits per heavy atom. The maximum atomic E-state index is 13.0. The number of hydrogen-bond acceptors (Lipinski definition) is 6. The highest BCUT2D eigenvalue weighted by atomic mass is 35.5. The van der Waals surface area contributed by atoms with Crippen LogP contribution < -0.4 is 41.2 Å². The van der Waals surface area contributed by atoms with Gasteiger partial charge < -0.3 is 41.2 Å². The van der Waals surface area contributed by atoms with Gasteiger partial charge in [0.05, 0.1) is 73.3 Å². The minimum Gasteiger partial charge on any atom is -1.00 e. The van der Waals surface area contributed by atoms with E-state index in [1.807, 2.05) is 42.5 Å². The van der Waals surface area contributed by atoms with Gasteiger partial charge in [0.2, 0.25) is 5.75 Å². The van der Waals surface area contributed by atoms with E-state index in [1.165, 1.54) is 4.90 Å². The van der Waals surface area contributed by atoms with Crippen molar-refractivity contribution in [3.05, 3.63) is 54.1 Å². The van der Waals surface area contributed by atoms with Gasteiger partial charge in [-0.3, -0.25) is 4.79 Å². The van der Waals surface area contributed by atoms with E-state index in [-0.39, 0.29) is 18.2 Å². The zero-order valence-corrected chi connectivity index (χ0v) is 21.5. The van der Waals surface area contributed by atoms with Gasteiger partial charge >= 0.3 is 0 Å². The first-order valence-electron chi connectivity index (χ1n) is 11.6. The van der Waals surface area contributed by atoms with Crippen LogP contribution in [0.4, 0.5) is 5.69 Å². The third-order valence-corrected chi connectivity index (χ3v) is 6.56. The molecule has 1 aliphatic heterocycles. The minimum absolute atomic E-state index is 0. The summed E-state index contributed by atoms with van der Waals surface area (Å²) in [6.07, 6.45) is 0.514. The van der Waals surface area contributed by atoms with E-state index in [1.54, 1.807) is 28.4 Å². The molecule has 3 aromatic carbocycles. The molecule has 0 aliphatic carbocycles. The molecule has 0 atom stereocenters. The Morgan fingerprint density at radius 3 is 2.20 bits per heavy atom. The van der Waals surface area contributed by atoms with Gasteiger partial charge in [-0.25, -0.2) is 0 Å². The van der Waals surface area contributed by atoms with Gasteiger partial charge in [-0.2, -0.15) is 0 Å². The fourth-order valence-corrected chi connectivity index (χ4v) is 4.69. The van der Waals surface area contributed by atoms with Crippen molar-refractivity contribution in [2.45, 2.75) is 6.42 Å². The van der Waals surface area contributed by atoms with Crippen LogP contribution in [0.2, 0.25) is 0 Å². The molecule has 7 nitrogen and oxygen atoms in total. The molecular weight excluding hydrogens is 468 g/mol. The van der Waals surface area contributed by atoms with Gasteiger partial charge in [0.15, 0.2) is 17.3 Å². The van der Waals surface area contributed by atoms with E-state index in [9.17, 15) is 4.79 Å². The molecule has 0 saturated carbocycles. The third kappa shape index (κ3) is 5.57. The van der Waals surface area contributed by atoms with Crippen LogP contribution in [0.3, 0.4) is 0 Å². The maximum absolute atomic E-state index is 13.0. The Kier molecular flexibility index (Phi) is 9.07. The summed E-state index contributed by atoms with van der Waals surface area (Å²) in [5, 5.41) is 1.77. The van der Waals surface area contributed by atoms with Crippen LogP contribution in [0.1, 0.15) is 16.8 Å². The molecule has 0 spiro atoms. The van der Waals surface area contributed by atoms with Gasteiger partial charge in [0.1, 0.15) is 5.75 Å². The van der Waals surface area contributed by atoms with Crippen LogP contribution in [0.5, 0.6) is 23.0 Å². The monoisotopic (exact) mass is 500 g/mol. The number of carbonyl (C=O) groups excluding carboxylic acids is 1. The number of piperazine rings is 1. The number of ketones is 1. The lowest BCUT2D eigenvalue weighted by atomic mass is 10.0. The van der Waals surface area contributed by atoms with Crippen LogP contribution in [0, 0.1) is 0 Å². The van der Waals surface area contributed by atoms with Crippen LogP contribution >= 0.6 is 0 Å². The molecule has 0 radical (unpaired) electrons. The van der Waals surface area contributed by atoms with Gasteiger partial charge in [-0.1, -0.05) is 18.2 Å². The highest BCUT2D eigenvalue weighted by Crippen LogP contribution is 2.43. The molecule has 1 fully saturated rings. The molecule has 1 saturated heterocycles. The van der Waals surface area contributed by atoms with E-state index >= 15 is 0 Å². The number of quaternary nitrogens is 1. The van der Waals surface area contributed by atoms with E-state index in [0.29, 0.717) is 29.2 Å². The second kappa shape index (κ2) is 12.0. The van der Waals surface area contributed by atoms with Crippen molar-refractivity contribution in [1.29, 1.82) is 0 Å². The first-order valence-corrected chi connectivity index (χ1v) is 11.6. The Hall–Kier alpha value is -3.16. The van der Waals surface area contributed by atoms with Gasteiger partial charge in [0, 0.05) is 10.9 Å². The van der Waals surface area contributed by atoms with Crippen molar-refractivity contribution in [3.8, 4) is 23.0 Å². The second-order valence-corrected chi connectivity index (χ2v) is 8.41. The van der Waals surface area contributed by atoms with Gasteiger partial charge in [-0.15, -0.1) is 0 Å². The first-order chi connectivity index (χ1) is 16.6. The van der Waals surface area contributed by atoms with Crippen molar-refractivity contribution in [2.75, 3.05) is 66.1 Å². The number of para-hydroxylation sites is 2. The number of rotatable bonds is 9. The fraction of sp³-hybridized carbons (Fsp3) is 0.370. The predicted octanol–water partition coefficient (Wildman–Crippen LogP) is -0.144. The minimum atomic E-state index is 0. The molecule has 8 heteroatoms. The molecule has 1 aliphatic rings. The topological polar surface area (TPSA) is 61.7 Å². The Labute approximate surface area is 212 Å². The number of carbonyl (C=O) groups is 1. The maximum Gasteiger partial charge on any atom is 0.203 e. The number of halogens is 1. The zero-order valence-electron chi connectivity index (χ0n) is 20.7. The summed E-state index contributed by atoms with van der Waals surface area (Å²) in [6.45, 7) is 4.71. The van der Waals surface area contributed by atoms with Crippen LogP contribution in [-0.2, 0) is 0 Å². The number of fused-ring (bicyclic) bond motifs is 1. The molecule has 4 rings (SSSR count). The fourth-order valence-electron chi connectivity index (χ4n) is 4.69. The van der Waals surface area contributed by atoms with Crippen molar-refractivity contribution < 1.29 is 41.0 Å². The second-order valence-electron chi connectivity index (χ2n) is 8.41. The molecule has 188 valence electrons. The lowest BCUT2D eigenvalue weighted by Crippen LogP contribution is -3.15. The molecule has 0 aromatic heterocycles. The first kappa shape index (κ1) is 26.4. The summed E-state index contributed by atoms with van der Waals surface area (Å²) in [5.41, 5.74) is 1.84. The summed E-state index contributed by atoms with van der Waals surface area (Å²) in [5.74, 6) is 2.79. The van der Waals surface area contributed by atoms with Gasteiger partial charge in [-0.05, 0) is 35.7 Å². The quantitative estimate of drug-likeness (QED) is 0.413. The van der Waals surface area contributed by atoms with Crippen molar-refractivity contribution in [2.24, 2.45) is 0 Å². The van der Waals surface area contributed by atoms with Crippen molar-refractivity contribution in [1.82, 2.24) is 0 Å².